The second-order valence-electron chi connectivity index (χ2n) is 7.50. The Kier molecular flexibility index (Phi) is 7.69. The van der Waals surface area contributed by atoms with Gasteiger partial charge in [0, 0.05) is 25.4 Å². The van der Waals surface area contributed by atoms with Gasteiger partial charge >= 0.3 is 6.09 Å². The van der Waals surface area contributed by atoms with Crippen molar-refractivity contribution in [2.24, 2.45) is 0 Å². The quantitative estimate of drug-likeness (QED) is 0.490. The molecule has 0 unspecified atom stereocenters. The number of ether oxygens (including phenoxy) is 2. The predicted octanol–water partition coefficient (Wildman–Crippen LogP) is 4.93. The second kappa shape index (κ2) is 9.53. The van der Waals surface area contributed by atoms with E-state index in [-0.39, 0.29) is 12.1 Å². The Balaban J connectivity index is 1.73. The molecule has 1 atom stereocenters. The van der Waals surface area contributed by atoms with Crippen LogP contribution < -0.4 is 0 Å². The topological polar surface area (TPSA) is 51.7 Å². The molecule has 1 fully saturated rings. The van der Waals surface area contributed by atoms with Gasteiger partial charge in [0.2, 0.25) is 0 Å². The summed E-state index contributed by atoms with van der Waals surface area (Å²) in [5.74, 6) is 0. The molecule has 1 aromatic rings. The van der Waals surface area contributed by atoms with Crippen LogP contribution >= 0.6 is 15.9 Å². The number of rotatable bonds is 6. The molecule has 0 bridgehead atoms. The summed E-state index contributed by atoms with van der Waals surface area (Å²) in [6.45, 7) is 7.81. The Labute approximate surface area is 159 Å². The van der Waals surface area contributed by atoms with E-state index in [4.69, 9.17) is 9.47 Å². The van der Waals surface area contributed by atoms with E-state index >= 15 is 0 Å². The minimum absolute atomic E-state index is 0.181. The molecule has 1 amide bonds. The first-order valence-corrected chi connectivity index (χ1v) is 9.82. The number of carbonyl (C=O) groups excluding carboxylic acids is 1. The van der Waals surface area contributed by atoms with Gasteiger partial charge in [-0.1, -0.05) is 0 Å². The normalized spacial score (nSPS) is 18.2. The van der Waals surface area contributed by atoms with Crippen LogP contribution in [-0.4, -0.2) is 40.8 Å². The van der Waals surface area contributed by atoms with Gasteiger partial charge in [0.15, 0.2) is 0 Å². The number of likely N-dealkylation sites (tertiary alicyclic amines) is 1. The van der Waals surface area contributed by atoms with Gasteiger partial charge in [-0.25, -0.2) is 9.78 Å². The van der Waals surface area contributed by atoms with E-state index in [2.05, 4.69) is 20.9 Å². The number of carbonyl (C=O) groups is 1. The van der Waals surface area contributed by atoms with Crippen LogP contribution in [0.3, 0.4) is 0 Å². The van der Waals surface area contributed by atoms with Crippen LogP contribution in [0.2, 0.25) is 0 Å². The number of nitrogens with zero attached hydrogens (tertiary/aromatic N) is 2. The van der Waals surface area contributed by atoms with Crippen molar-refractivity contribution in [3.63, 3.8) is 0 Å². The van der Waals surface area contributed by atoms with Gasteiger partial charge in [0.25, 0.3) is 0 Å². The Hall–Kier alpha value is -1.14. The third-order valence-electron chi connectivity index (χ3n) is 4.14. The molecule has 0 aromatic carbocycles. The number of hydrogen-bond acceptors (Lipinski definition) is 4. The van der Waals surface area contributed by atoms with E-state index in [1.165, 1.54) is 6.42 Å². The van der Waals surface area contributed by atoms with Crippen molar-refractivity contribution in [3.05, 3.63) is 28.5 Å². The minimum atomic E-state index is -0.443. The van der Waals surface area contributed by atoms with Gasteiger partial charge in [0.1, 0.15) is 10.2 Å². The summed E-state index contributed by atoms with van der Waals surface area (Å²) >= 11 is 3.36. The monoisotopic (exact) mass is 412 g/mol. The number of halogens is 1. The summed E-state index contributed by atoms with van der Waals surface area (Å²) in [6.07, 6.45) is 6.77. The molecule has 140 valence electrons. The van der Waals surface area contributed by atoms with Gasteiger partial charge in [-0.15, -0.1) is 0 Å². The van der Waals surface area contributed by atoms with Crippen LogP contribution in [0.25, 0.3) is 0 Å². The standard InChI is InChI=1S/C19H29BrN2O3/c1-19(2,3)25-18(23)22-11-5-4-7-16(22)8-6-12-24-14-15-9-10-21-17(20)13-15/h9-10,13,16H,4-8,11-12,14H2,1-3H3/t16-/m0/s1. The van der Waals surface area contributed by atoms with E-state index < -0.39 is 5.60 Å². The van der Waals surface area contributed by atoms with Crippen molar-refractivity contribution >= 4 is 22.0 Å². The average molecular weight is 413 g/mol. The van der Waals surface area contributed by atoms with Crippen LogP contribution in [0, 0.1) is 0 Å². The molecule has 1 aromatic heterocycles. The summed E-state index contributed by atoms with van der Waals surface area (Å²) in [7, 11) is 0. The first-order valence-electron chi connectivity index (χ1n) is 9.03. The maximum Gasteiger partial charge on any atom is 0.410 e. The second-order valence-corrected chi connectivity index (χ2v) is 8.32. The Bertz CT molecular complexity index is 560. The van der Waals surface area contributed by atoms with E-state index in [9.17, 15) is 4.79 Å². The van der Waals surface area contributed by atoms with Crippen LogP contribution in [0.15, 0.2) is 22.9 Å². The lowest BCUT2D eigenvalue weighted by Gasteiger charge is -2.36. The Morgan fingerprint density at radius 3 is 2.92 bits per heavy atom. The third-order valence-corrected chi connectivity index (χ3v) is 4.57. The van der Waals surface area contributed by atoms with Gasteiger partial charge in [-0.2, -0.15) is 0 Å². The Morgan fingerprint density at radius 1 is 1.40 bits per heavy atom. The number of hydrogen-bond donors (Lipinski definition) is 0. The summed E-state index contributed by atoms with van der Waals surface area (Å²) in [6, 6.07) is 4.18. The Morgan fingerprint density at radius 2 is 2.20 bits per heavy atom. The third kappa shape index (κ3) is 7.32. The zero-order valence-electron chi connectivity index (χ0n) is 15.5. The van der Waals surface area contributed by atoms with Gasteiger partial charge < -0.3 is 14.4 Å². The molecular formula is C19H29BrN2O3. The molecule has 0 N–H and O–H groups in total. The van der Waals surface area contributed by atoms with E-state index in [0.717, 1.165) is 42.4 Å². The van der Waals surface area contributed by atoms with Crippen LogP contribution in [0.5, 0.6) is 0 Å². The molecule has 0 radical (unpaired) electrons. The van der Waals surface area contributed by atoms with Gasteiger partial charge in [-0.05, 0) is 86.5 Å². The molecule has 25 heavy (non-hydrogen) atoms. The lowest BCUT2D eigenvalue weighted by atomic mass is 9.98. The lowest BCUT2D eigenvalue weighted by molar-refractivity contribution is 0.00726. The SMILES string of the molecule is CC(C)(C)OC(=O)N1CCCC[C@H]1CCCOCc1ccnc(Br)c1. The fraction of sp³-hybridized carbons (Fsp3) is 0.684. The maximum atomic E-state index is 12.4. The summed E-state index contributed by atoms with van der Waals surface area (Å²) < 4.78 is 12.1. The van der Waals surface area contributed by atoms with Crippen molar-refractivity contribution in [2.45, 2.75) is 71.1 Å². The molecule has 0 spiro atoms. The van der Waals surface area contributed by atoms with Crippen LogP contribution in [0.1, 0.15) is 58.4 Å². The summed E-state index contributed by atoms with van der Waals surface area (Å²) in [5, 5.41) is 0. The fourth-order valence-corrected chi connectivity index (χ4v) is 3.42. The molecule has 5 nitrogen and oxygen atoms in total. The molecule has 1 saturated heterocycles. The highest BCUT2D eigenvalue weighted by Crippen LogP contribution is 2.23. The molecular weight excluding hydrogens is 384 g/mol. The molecule has 1 aliphatic heterocycles. The summed E-state index contributed by atoms with van der Waals surface area (Å²) in [5.41, 5.74) is 0.663. The van der Waals surface area contributed by atoms with Gasteiger partial charge in [-0.3, -0.25) is 0 Å². The van der Waals surface area contributed by atoms with E-state index in [1.807, 2.05) is 37.8 Å². The summed E-state index contributed by atoms with van der Waals surface area (Å²) in [4.78, 5) is 18.4. The van der Waals surface area contributed by atoms with E-state index in [0.29, 0.717) is 13.2 Å². The molecule has 2 rings (SSSR count). The zero-order chi connectivity index (χ0) is 18.3. The fourth-order valence-electron chi connectivity index (χ4n) is 3.01. The molecule has 2 heterocycles. The van der Waals surface area contributed by atoms with Crippen LogP contribution in [-0.2, 0) is 16.1 Å². The first kappa shape index (κ1) is 20.2. The molecule has 0 aliphatic carbocycles. The van der Waals surface area contributed by atoms with Crippen molar-refractivity contribution in [3.8, 4) is 0 Å². The maximum absolute atomic E-state index is 12.4. The molecule has 6 heteroatoms. The molecule has 1 aliphatic rings. The van der Waals surface area contributed by atoms with E-state index in [1.54, 1.807) is 6.20 Å². The lowest BCUT2D eigenvalue weighted by Crippen LogP contribution is -2.46. The largest absolute Gasteiger partial charge is 0.444 e. The number of piperidine rings is 1. The number of aromatic nitrogens is 1. The average Bonchev–Trinajstić information content (AvgIpc) is 2.53. The minimum Gasteiger partial charge on any atom is -0.444 e. The highest BCUT2D eigenvalue weighted by molar-refractivity contribution is 9.10. The highest BCUT2D eigenvalue weighted by Gasteiger charge is 2.29. The number of amides is 1. The van der Waals surface area contributed by atoms with Crippen molar-refractivity contribution in [1.29, 1.82) is 0 Å². The number of pyridine rings is 1. The van der Waals surface area contributed by atoms with Crippen molar-refractivity contribution in [1.82, 2.24) is 9.88 Å². The van der Waals surface area contributed by atoms with Crippen molar-refractivity contribution < 1.29 is 14.3 Å². The highest BCUT2D eigenvalue weighted by atomic mass is 79.9. The molecule has 0 saturated carbocycles. The zero-order valence-corrected chi connectivity index (χ0v) is 17.0. The van der Waals surface area contributed by atoms with Gasteiger partial charge in [0.05, 0.1) is 6.61 Å². The predicted molar refractivity (Wildman–Crippen MR) is 101 cm³/mol. The smallest absolute Gasteiger partial charge is 0.410 e. The van der Waals surface area contributed by atoms with Crippen molar-refractivity contribution in [2.75, 3.05) is 13.2 Å². The first-order chi connectivity index (χ1) is 11.8. The van der Waals surface area contributed by atoms with Crippen LogP contribution in [0.4, 0.5) is 4.79 Å².